The van der Waals surface area contributed by atoms with Crippen LogP contribution in [0.4, 0.5) is 14.9 Å². The molecule has 1 aromatic carbocycles. The molecule has 0 unspecified atom stereocenters. The van der Waals surface area contributed by atoms with Crippen LogP contribution in [0, 0.1) is 5.82 Å². The van der Waals surface area contributed by atoms with E-state index in [0.717, 1.165) is 26.9 Å². The number of urea groups is 1. The van der Waals surface area contributed by atoms with Crippen molar-refractivity contribution >= 4 is 39.0 Å². The highest BCUT2D eigenvalue weighted by atomic mass is 32.1. The highest BCUT2D eigenvalue weighted by Gasteiger charge is 2.15. The number of ether oxygens (including phenoxy) is 1. The number of hydrogen-bond donors (Lipinski definition) is 5. The fourth-order valence-corrected chi connectivity index (χ4v) is 3.47. The number of anilines is 1. The highest BCUT2D eigenvalue weighted by Crippen LogP contribution is 2.37. The van der Waals surface area contributed by atoms with E-state index >= 15 is 0 Å². The summed E-state index contributed by atoms with van der Waals surface area (Å²) in [6, 6.07) is 6.89. The van der Waals surface area contributed by atoms with E-state index < -0.39 is 11.8 Å². The van der Waals surface area contributed by atoms with Crippen LogP contribution in [-0.4, -0.2) is 11.0 Å². The number of aromatic nitrogens is 1. The van der Waals surface area contributed by atoms with Gasteiger partial charge in [-0.2, -0.15) is 5.53 Å². The quantitative estimate of drug-likeness (QED) is 0.478. The van der Waals surface area contributed by atoms with Gasteiger partial charge in [0.1, 0.15) is 5.75 Å². The SMILES string of the molecule is NC(=O)Nc1ccc(Oc2ccnc3cc(C4=CNNN4)sc23)c(F)c1.[HH].[HH]. The van der Waals surface area contributed by atoms with Crippen LogP contribution in [-0.2, 0) is 0 Å². The summed E-state index contributed by atoms with van der Waals surface area (Å²) in [6.45, 7) is 0. The lowest BCUT2D eigenvalue weighted by Crippen LogP contribution is -2.31. The smallest absolute Gasteiger partial charge is 0.316 e. The third-order valence-corrected chi connectivity index (χ3v) is 4.72. The maximum absolute atomic E-state index is 14.3. The molecule has 0 spiro atoms. The van der Waals surface area contributed by atoms with Crippen molar-refractivity contribution in [1.82, 2.24) is 21.4 Å². The van der Waals surface area contributed by atoms with Crippen molar-refractivity contribution in [3.8, 4) is 11.5 Å². The minimum Gasteiger partial charge on any atom is -0.453 e. The van der Waals surface area contributed by atoms with Crippen molar-refractivity contribution in [2.24, 2.45) is 5.73 Å². The Balaban J connectivity index is 0.00000140. The monoisotopic (exact) mass is 376 g/mol. The molecule has 2 amide bonds. The van der Waals surface area contributed by atoms with E-state index in [1.165, 1.54) is 23.5 Å². The van der Waals surface area contributed by atoms with Gasteiger partial charge >= 0.3 is 6.03 Å². The number of nitrogens with zero attached hydrogens (tertiary/aromatic N) is 1. The number of amides is 2. The first kappa shape index (κ1) is 16.1. The molecule has 1 aliphatic rings. The Kier molecular flexibility index (Phi) is 4.03. The van der Waals surface area contributed by atoms with Crippen molar-refractivity contribution in [3.05, 3.63) is 53.4 Å². The molecule has 4 rings (SSSR count). The minimum atomic E-state index is -0.765. The zero-order valence-corrected chi connectivity index (χ0v) is 14.0. The normalized spacial score (nSPS) is 13.0. The zero-order valence-electron chi connectivity index (χ0n) is 13.2. The Morgan fingerprint density at radius 2 is 2.19 bits per heavy atom. The average molecular weight is 376 g/mol. The molecule has 0 saturated heterocycles. The molecule has 0 atom stereocenters. The van der Waals surface area contributed by atoms with Gasteiger partial charge in [-0.1, -0.05) is 0 Å². The lowest BCUT2D eigenvalue weighted by atomic mass is 10.3. The van der Waals surface area contributed by atoms with Crippen LogP contribution in [0.2, 0.25) is 0 Å². The molecule has 3 aromatic rings. The molecule has 6 N–H and O–H groups in total. The van der Waals surface area contributed by atoms with E-state index in [4.69, 9.17) is 10.5 Å². The van der Waals surface area contributed by atoms with Gasteiger partial charge in [-0.15, -0.1) is 11.3 Å². The van der Waals surface area contributed by atoms with Gasteiger partial charge in [-0.3, -0.25) is 4.98 Å². The largest absolute Gasteiger partial charge is 0.453 e. The molecule has 0 radical (unpaired) electrons. The van der Waals surface area contributed by atoms with Gasteiger partial charge in [-0.05, 0) is 18.2 Å². The second-order valence-electron chi connectivity index (χ2n) is 5.32. The first-order chi connectivity index (χ1) is 12.6. The fraction of sp³-hybridized carbons (Fsp3) is 0. The average Bonchev–Trinajstić information content (AvgIpc) is 3.25. The predicted octanol–water partition coefficient (Wildman–Crippen LogP) is 3.12. The molecule has 0 saturated carbocycles. The number of hydrazine groups is 2. The van der Waals surface area contributed by atoms with Crippen LogP contribution in [0.3, 0.4) is 0 Å². The van der Waals surface area contributed by atoms with Gasteiger partial charge in [0, 0.05) is 33.1 Å². The number of thiophene rings is 1. The van der Waals surface area contributed by atoms with Crippen molar-refractivity contribution < 1.29 is 16.8 Å². The first-order valence-electron chi connectivity index (χ1n) is 7.49. The Bertz CT molecular complexity index is 1050. The predicted molar refractivity (Wildman–Crippen MR) is 101 cm³/mol. The van der Waals surface area contributed by atoms with Gasteiger partial charge in [0.2, 0.25) is 0 Å². The first-order valence-corrected chi connectivity index (χ1v) is 8.31. The molecule has 26 heavy (non-hydrogen) atoms. The molecule has 8 nitrogen and oxygen atoms in total. The summed E-state index contributed by atoms with van der Waals surface area (Å²) in [5.41, 5.74) is 15.5. The second-order valence-corrected chi connectivity index (χ2v) is 6.38. The number of pyridine rings is 1. The lowest BCUT2D eigenvalue weighted by molar-refractivity contribution is 0.259. The molecule has 2 aromatic heterocycles. The molecule has 136 valence electrons. The number of nitrogens with two attached hydrogens (primary N) is 1. The summed E-state index contributed by atoms with van der Waals surface area (Å²) in [6.07, 6.45) is 3.39. The number of benzene rings is 1. The van der Waals surface area contributed by atoms with Crippen LogP contribution in [0.15, 0.2) is 42.7 Å². The van der Waals surface area contributed by atoms with Crippen molar-refractivity contribution in [2.75, 3.05) is 5.32 Å². The lowest BCUT2D eigenvalue weighted by Gasteiger charge is -2.09. The van der Waals surface area contributed by atoms with Crippen LogP contribution < -0.4 is 32.2 Å². The maximum Gasteiger partial charge on any atom is 0.316 e. The number of nitrogens with one attached hydrogen (secondary N) is 4. The number of hydrogen-bond acceptors (Lipinski definition) is 7. The molecular weight excluding hydrogens is 359 g/mol. The van der Waals surface area contributed by atoms with E-state index in [9.17, 15) is 9.18 Å². The minimum absolute atomic E-state index is 0. The van der Waals surface area contributed by atoms with Crippen LogP contribution >= 0.6 is 11.3 Å². The summed E-state index contributed by atoms with van der Waals surface area (Å²) >= 11 is 1.46. The van der Waals surface area contributed by atoms with Crippen LogP contribution in [0.25, 0.3) is 15.9 Å². The summed E-state index contributed by atoms with van der Waals surface area (Å²) < 4.78 is 20.8. The Morgan fingerprint density at radius 1 is 1.31 bits per heavy atom. The number of rotatable bonds is 4. The number of primary amides is 1. The van der Waals surface area contributed by atoms with E-state index in [0.29, 0.717) is 5.75 Å². The Labute approximate surface area is 153 Å². The van der Waals surface area contributed by atoms with Crippen LogP contribution in [0.5, 0.6) is 11.5 Å². The molecule has 1 aliphatic heterocycles. The van der Waals surface area contributed by atoms with Crippen molar-refractivity contribution in [2.45, 2.75) is 0 Å². The summed E-state index contributed by atoms with van der Waals surface area (Å²) in [5, 5.41) is 2.31. The fourth-order valence-electron chi connectivity index (χ4n) is 2.43. The summed E-state index contributed by atoms with van der Waals surface area (Å²) in [4.78, 5) is 16.1. The molecule has 10 heteroatoms. The van der Waals surface area contributed by atoms with E-state index in [1.807, 2.05) is 6.07 Å². The number of fused-ring (bicyclic) bond motifs is 1. The third kappa shape index (κ3) is 3.10. The Hall–Kier alpha value is -3.37. The molecular formula is C16H17FN6O2S. The Morgan fingerprint density at radius 3 is 2.92 bits per heavy atom. The van der Waals surface area contributed by atoms with Gasteiger partial charge in [-0.25, -0.2) is 9.18 Å². The van der Waals surface area contributed by atoms with Gasteiger partial charge in [0.25, 0.3) is 0 Å². The molecule has 0 aliphatic carbocycles. The van der Waals surface area contributed by atoms with E-state index in [-0.39, 0.29) is 14.3 Å². The summed E-state index contributed by atoms with van der Waals surface area (Å²) in [7, 11) is 0. The molecule has 0 fully saturated rings. The van der Waals surface area contributed by atoms with Gasteiger partial charge in [0.05, 0.1) is 20.8 Å². The van der Waals surface area contributed by atoms with Gasteiger partial charge in [0.15, 0.2) is 11.6 Å². The zero-order chi connectivity index (χ0) is 18.1. The maximum atomic E-state index is 14.3. The van der Waals surface area contributed by atoms with E-state index in [1.54, 1.807) is 18.5 Å². The topological polar surface area (TPSA) is 113 Å². The van der Waals surface area contributed by atoms with Crippen molar-refractivity contribution in [1.29, 1.82) is 0 Å². The number of carbonyl (C=O) groups is 1. The third-order valence-electron chi connectivity index (χ3n) is 3.55. The molecule has 3 heterocycles. The number of halogens is 1. The highest BCUT2D eigenvalue weighted by molar-refractivity contribution is 7.20. The van der Waals surface area contributed by atoms with Crippen molar-refractivity contribution in [3.63, 3.8) is 0 Å². The van der Waals surface area contributed by atoms with Crippen LogP contribution in [0.1, 0.15) is 7.73 Å². The second kappa shape index (κ2) is 6.50. The number of carbonyl (C=O) groups excluding carboxylic acids is 1. The standard InChI is InChI=1S/C16H13FN6O2S.2H2/c17-9-5-8(21-16(18)24)1-2-12(9)25-13-3-4-19-10-6-14(26-15(10)13)11-7-20-23-22-11;;/h1-7,20,22-23H,(H3,18,21,24);2*1H. The molecule has 0 bridgehead atoms. The van der Waals surface area contributed by atoms with E-state index in [2.05, 4.69) is 26.7 Å². The van der Waals surface area contributed by atoms with Gasteiger partial charge < -0.3 is 26.6 Å². The summed E-state index contributed by atoms with van der Waals surface area (Å²) in [5.74, 6) is -0.101.